The third kappa shape index (κ3) is 1.78. The lowest BCUT2D eigenvalue weighted by molar-refractivity contribution is 0.793. The molecule has 1 aromatic carbocycles. The minimum Gasteiger partial charge on any atom is -0.0795 e. The summed E-state index contributed by atoms with van der Waals surface area (Å²) in [6.45, 7) is 2.24. The summed E-state index contributed by atoms with van der Waals surface area (Å²) >= 11 is 3.61. The summed E-state index contributed by atoms with van der Waals surface area (Å²) in [5, 5.41) is 0. The zero-order chi connectivity index (χ0) is 9.97. The lowest BCUT2D eigenvalue weighted by Crippen LogP contribution is -1.93. The van der Waals surface area contributed by atoms with Crippen molar-refractivity contribution < 1.29 is 0 Å². The molecule has 0 saturated heterocycles. The SMILES string of the molecule is CCCCc1ccc(Br)c2c1C=CC2. The van der Waals surface area contributed by atoms with Gasteiger partial charge in [-0.25, -0.2) is 0 Å². The van der Waals surface area contributed by atoms with Crippen LogP contribution >= 0.6 is 15.9 Å². The molecule has 1 aromatic rings. The molecule has 74 valence electrons. The van der Waals surface area contributed by atoms with Crippen molar-refractivity contribution >= 4 is 22.0 Å². The lowest BCUT2D eigenvalue weighted by Gasteiger charge is -2.08. The Morgan fingerprint density at radius 3 is 3.00 bits per heavy atom. The minimum absolute atomic E-state index is 1.09. The molecular weight excluding hydrogens is 236 g/mol. The van der Waals surface area contributed by atoms with Gasteiger partial charge < -0.3 is 0 Å². The van der Waals surface area contributed by atoms with E-state index in [2.05, 4.69) is 47.1 Å². The summed E-state index contributed by atoms with van der Waals surface area (Å²) in [7, 11) is 0. The molecule has 14 heavy (non-hydrogen) atoms. The van der Waals surface area contributed by atoms with Crippen LogP contribution in [0.3, 0.4) is 0 Å². The lowest BCUT2D eigenvalue weighted by atomic mass is 9.99. The van der Waals surface area contributed by atoms with Crippen LogP contribution in [0.5, 0.6) is 0 Å². The second kappa shape index (κ2) is 4.31. The molecule has 0 bridgehead atoms. The standard InChI is InChI=1S/C13H15Br/c1-2-3-5-10-8-9-13(14)12-7-4-6-11(10)12/h4,6,8-9H,2-3,5,7H2,1H3. The smallest absolute Gasteiger partial charge is 0.0216 e. The van der Waals surface area contributed by atoms with Crippen LogP contribution in [-0.4, -0.2) is 0 Å². The summed E-state index contributed by atoms with van der Waals surface area (Å²) in [4.78, 5) is 0. The van der Waals surface area contributed by atoms with Gasteiger partial charge in [-0.15, -0.1) is 0 Å². The van der Waals surface area contributed by atoms with E-state index < -0.39 is 0 Å². The van der Waals surface area contributed by atoms with E-state index in [4.69, 9.17) is 0 Å². The molecule has 0 aromatic heterocycles. The van der Waals surface area contributed by atoms with Crippen molar-refractivity contribution in [3.63, 3.8) is 0 Å². The Morgan fingerprint density at radius 2 is 2.21 bits per heavy atom. The van der Waals surface area contributed by atoms with Gasteiger partial charge >= 0.3 is 0 Å². The van der Waals surface area contributed by atoms with Crippen LogP contribution in [-0.2, 0) is 12.8 Å². The van der Waals surface area contributed by atoms with Gasteiger partial charge in [0, 0.05) is 4.47 Å². The molecule has 0 aliphatic heterocycles. The van der Waals surface area contributed by atoms with Gasteiger partial charge in [0.25, 0.3) is 0 Å². The highest BCUT2D eigenvalue weighted by Crippen LogP contribution is 2.30. The highest BCUT2D eigenvalue weighted by atomic mass is 79.9. The average Bonchev–Trinajstić information content (AvgIpc) is 2.66. The van der Waals surface area contributed by atoms with Crippen LogP contribution in [0.15, 0.2) is 22.7 Å². The van der Waals surface area contributed by atoms with Crippen molar-refractivity contribution in [1.29, 1.82) is 0 Å². The van der Waals surface area contributed by atoms with Gasteiger partial charge in [0.05, 0.1) is 0 Å². The molecule has 0 amide bonds. The molecule has 1 heteroatoms. The van der Waals surface area contributed by atoms with E-state index in [9.17, 15) is 0 Å². The third-order valence-electron chi connectivity index (χ3n) is 2.80. The zero-order valence-corrected chi connectivity index (χ0v) is 10.1. The van der Waals surface area contributed by atoms with Crippen LogP contribution in [0, 0.1) is 0 Å². The molecule has 0 unspecified atom stereocenters. The fraction of sp³-hybridized carbons (Fsp3) is 0.385. The summed E-state index contributed by atoms with van der Waals surface area (Å²) in [6, 6.07) is 4.45. The minimum atomic E-state index is 1.09. The molecule has 0 fully saturated rings. The number of hydrogen-bond acceptors (Lipinski definition) is 0. The quantitative estimate of drug-likeness (QED) is 0.748. The predicted molar refractivity (Wildman–Crippen MR) is 65.5 cm³/mol. The maximum Gasteiger partial charge on any atom is 0.0216 e. The Balaban J connectivity index is 2.33. The Kier molecular flexibility index (Phi) is 3.07. The summed E-state index contributed by atoms with van der Waals surface area (Å²) in [6.07, 6.45) is 9.40. The van der Waals surface area contributed by atoms with Gasteiger partial charge in [-0.1, -0.05) is 47.5 Å². The Hall–Kier alpha value is -0.560. The van der Waals surface area contributed by atoms with Crippen LogP contribution in [0.2, 0.25) is 0 Å². The van der Waals surface area contributed by atoms with E-state index in [-0.39, 0.29) is 0 Å². The maximum absolute atomic E-state index is 3.61. The molecule has 0 nitrogen and oxygen atoms in total. The van der Waals surface area contributed by atoms with E-state index in [1.807, 2.05) is 0 Å². The molecule has 0 atom stereocenters. The van der Waals surface area contributed by atoms with Crippen molar-refractivity contribution in [3.05, 3.63) is 39.4 Å². The number of allylic oxidation sites excluding steroid dienone is 1. The molecular formula is C13H15Br. The van der Waals surface area contributed by atoms with Gasteiger partial charge in [-0.05, 0) is 42.0 Å². The molecule has 0 radical (unpaired) electrons. The number of rotatable bonds is 3. The number of unbranched alkanes of at least 4 members (excludes halogenated alkanes) is 1. The number of fused-ring (bicyclic) bond motifs is 1. The number of hydrogen-bond donors (Lipinski definition) is 0. The molecule has 1 aliphatic carbocycles. The van der Waals surface area contributed by atoms with Crippen LogP contribution in [0.1, 0.15) is 36.5 Å². The molecule has 0 heterocycles. The van der Waals surface area contributed by atoms with Crippen LogP contribution < -0.4 is 0 Å². The summed E-state index contributed by atoms with van der Waals surface area (Å²) in [5.41, 5.74) is 4.45. The first kappa shape index (κ1) is 9.97. The van der Waals surface area contributed by atoms with E-state index >= 15 is 0 Å². The highest BCUT2D eigenvalue weighted by Gasteiger charge is 2.12. The first-order valence-corrected chi connectivity index (χ1v) is 6.09. The van der Waals surface area contributed by atoms with Gasteiger partial charge in [0.15, 0.2) is 0 Å². The second-order valence-corrected chi connectivity index (χ2v) is 4.66. The topological polar surface area (TPSA) is 0 Å². The van der Waals surface area contributed by atoms with Crippen molar-refractivity contribution in [3.8, 4) is 0 Å². The number of aryl methyl sites for hydroxylation is 1. The Morgan fingerprint density at radius 1 is 1.36 bits per heavy atom. The average molecular weight is 251 g/mol. The fourth-order valence-corrected chi connectivity index (χ4v) is 2.49. The van der Waals surface area contributed by atoms with E-state index in [0.29, 0.717) is 0 Å². The van der Waals surface area contributed by atoms with Gasteiger partial charge in [-0.2, -0.15) is 0 Å². The first-order chi connectivity index (χ1) is 6.83. The fourth-order valence-electron chi connectivity index (χ4n) is 1.98. The van der Waals surface area contributed by atoms with Crippen LogP contribution in [0.25, 0.3) is 6.08 Å². The zero-order valence-electron chi connectivity index (χ0n) is 8.52. The Labute approximate surface area is 94.2 Å². The number of halogens is 1. The molecule has 1 aliphatic rings. The molecule has 0 N–H and O–H groups in total. The van der Waals surface area contributed by atoms with Crippen molar-refractivity contribution in [2.24, 2.45) is 0 Å². The predicted octanol–water partition coefficient (Wildman–Crippen LogP) is 4.36. The van der Waals surface area contributed by atoms with Gasteiger partial charge in [-0.3, -0.25) is 0 Å². The molecule has 0 saturated carbocycles. The van der Waals surface area contributed by atoms with E-state index in [1.54, 1.807) is 0 Å². The third-order valence-corrected chi connectivity index (χ3v) is 3.54. The highest BCUT2D eigenvalue weighted by molar-refractivity contribution is 9.10. The monoisotopic (exact) mass is 250 g/mol. The van der Waals surface area contributed by atoms with Crippen molar-refractivity contribution in [2.45, 2.75) is 32.6 Å². The first-order valence-electron chi connectivity index (χ1n) is 5.29. The van der Waals surface area contributed by atoms with Crippen LogP contribution in [0.4, 0.5) is 0 Å². The maximum atomic E-state index is 3.61. The van der Waals surface area contributed by atoms with Crippen molar-refractivity contribution in [2.75, 3.05) is 0 Å². The van der Waals surface area contributed by atoms with Gasteiger partial charge in [0.1, 0.15) is 0 Å². The molecule has 0 spiro atoms. The molecule has 2 rings (SSSR count). The number of benzene rings is 1. The normalized spacial score (nSPS) is 13.3. The Bertz CT molecular complexity index is 364. The van der Waals surface area contributed by atoms with Gasteiger partial charge in [0.2, 0.25) is 0 Å². The second-order valence-electron chi connectivity index (χ2n) is 3.81. The van der Waals surface area contributed by atoms with Crippen molar-refractivity contribution in [1.82, 2.24) is 0 Å². The van der Waals surface area contributed by atoms with E-state index in [0.717, 1.165) is 6.42 Å². The summed E-state index contributed by atoms with van der Waals surface area (Å²) < 4.78 is 1.26. The summed E-state index contributed by atoms with van der Waals surface area (Å²) in [5.74, 6) is 0. The van der Waals surface area contributed by atoms with E-state index in [1.165, 1.54) is 40.4 Å². The largest absolute Gasteiger partial charge is 0.0795 e.